The second-order valence-electron chi connectivity index (χ2n) is 9.05. The summed E-state index contributed by atoms with van der Waals surface area (Å²) < 4.78 is 6.33. The number of halogens is 1. The lowest BCUT2D eigenvalue weighted by molar-refractivity contribution is -0.136. The number of alkyl halides is 1. The third kappa shape index (κ3) is 4.72. The largest absolute Gasteiger partial charge is 0.517 e. The van der Waals surface area contributed by atoms with E-state index >= 15 is 0 Å². The van der Waals surface area contributed by atoms with E-state index in [2.05, 4.69) is 62.3 Å². The van der Waals surface area contributed by atoms with Gasteiger partial charge in [0.05, 0.1) is 0 Å². The van der Waals surface area contributed by atoms with Crippen LogP contribution in [0.3, 0.4) is 0 Å². The van der Waals surface area contributed by atoms with E-state index in [4.69, 9.17) is 16.0 Å². The minimum atomic E-state index is -2.41. The molecule has 4 heteroatoms. The first-order valence-electron chi connectivity index (χ1n) is 7.98. The van der Waals surface area contributed by atoms with Crippen LogP contribution in [0.15, 0.2) is 0 Å². The molecule has 0 rings (SSSR count). The summed E-state index contributed by atoms with van der Waals surface area (Å²) in [6.07, 6.45) is 2.15. The summed E-state index contributed by atoms with van der Waals surface area (Å²) in [5.41, 5.74) is 0. The molecule has 0 radical (unpaired) electrons. The molecule has 0 aromatic carbocycles. The van der Waals surface area contributed by atoms with Crippen molar-refractivity contribution in [1.82, 2.24) is 0 Å². The highest BCUT2D eigenvalue weighted by atomic mass is 35.5. The Hall–Kier alpha value is -0.0231. The molecule has 0 atom stereocenters. The molecule has 0 saturated heterocycles. The number of hydrogen-bond acceptors (Lipinski definition) is 2. The van der Waals surface area contributed by atoms with Crippen molar-refractivity contribution in [3.63, 3.8) is 0 Å². The van der Waals surface area contributed by atoms with Gasteiger partial charge in [0.1, 0.15) is 0 Å². The van der Waals surface area contributed by atoms with Crippen molar-refractivity contribution in [3.05, 3.63) is 0 Å². The zero-order valence-corrected chi connectivity index (χ0v) is 17.3. The fourth-order valence-electron chi connectivity index (χ4n) is 4.42. The summed E-state index contributed by atoms with van der Waals surface area (Å²) in [6.45, 7) is 20.0. The molecule has 0 aromatic heterocycles. The highest BCUT2D eigenvalue weighted by Crippen LogP contribution is 2.62. The lowest BCUT2D eigenvalue weighted by Crippen LogP contribution is -2.61. The Labute approximate surface area is 138 Å². The first kappa shape index (κ1) is 21.0. The van der Waals surface area contributed by atoms with Gasteiger partial charge in [-0.3, -0.25) is 4.79 Å². The van der Waals surface area contributed by atoms with Crippen LogP contribution in [0.5, 0.6) is 0 Å². The zero-order valence-electron chi connectivity index (χ0n) is 15.5. The Kier molecular flexibility index (Phi) is 7.03. The standard InChI is InChI=1S/C17H35ClO2Si/c1-15(2,3)21(16(4,5)6,17(7,8)9)20-14(19)12-10-11-13-18/h10-13H2,1-9H3. The Bertz CT molecular complexity index is 309. The second-order valence-corrected chi connectivity index (χ2v) is 15.5. The minimum absolute atomic E-state index is 0.0222. The van der Waals surface area contributed by atoms with Crippen LogP contribution in [-0.4, -0.2) is 20.2 Å². The third-order valence-corrected chi connectivity index (χ3v) is 11.3. The maximum absolute atomic E-state index is 12.4. The zero-order chi connectivity index (χ0) is 17.1. The Morgan fingerprint density at radius 1 is 0.857 bits per heavy atom. The summed E-state index contributed by atoms with van der Waals surface area (Å²) in [5, 5.41) is -0.0665. The van der Waals surface area contributed by atoms with Crippen LogP contribution < -0.4 is 0 Å². The molecule has 0 unspecified atom stereocenters. The molecule has 126 valence electrons. The van der Waals surface area contributed by atoms with Crippen LogP contribution in [0.4, 0.5) is 0 Å². The summed E-state index contributed by atoms with van der Waals surface area (Å²) in [7, 11) is -2.41. The summed E-state index contributed by atoms with van der Waals surface area (Å²) in [6, 6.07) is 0. The van der Waals surface area contributed by atoms with Gasteiger partial charge in [-0.05, 0) is 28.0 Å². The minimum Gasteiger partial charge on any atom is -0.517 e. The van der Waals surface area contributed by atoms with Crippen molar-refractivity contribution >= 4 is 25.9 Å². The van der Waals surface area contributed by atoms with Crippen LogP contribution in [0.1, 0.15) is 81.6 Å². The van der Waals surface area contributed by atoms with Crippen molar-refractivity contribution in [1.29, 1.82) is 0 Å². The van der Waals surface area contributed by atoms with Crippen LogP contribution in [0.2, 0.25) is 15.1 Å². The maximum Gasteiger partial charge on any atom is 0.292 e. The third-order valence-electron chi connectivity index (χ3n) is 4.20. The van der Waals surface area contributed by atoms with Gasteiger partial charge in [-0.15, -0.1) is 11.6 Å². The predicted molar refractivity (Wildman–Crippen MR) is 95.6 cm³/mol. The quantitative estimate of drug-likeness (QED) is 0.335. The monoisotopic (exact) mass is 334 g/mol. The van der Waals surface area contributed by atoms with Gasteiger partial charge in [0.25, 0.3) is 14.3 Å². The fraction of sp³-hybridized carbons (Fsp3) is 0.941. The van der Waals surface area contributed by atoms with Crippen LogP contribution >= 0.6 is 11.6 Å². The molecule has 0 aliphatic carbocycles. The number of rotatable bonds is 5. The van der Waals surface area contributed by atoms with E-state index in [-0.39, 0.29) is 21.1 Å². The molecular weight excluding hydrogens is 300 g/mol. The van der Waals surface area contributed by atoms with Gasteiger partial charge in [0.2, 0.25) is 0 Å². The van der Waals surface area contributed by atoms with Gasteiger partial charge in [-0.25, -0.2) is 0 Å². The van der Waals surface area contributed by atoms with E-state index < -0.39 is 8.32 Å². The van der Waals surface area contributed by atoms with E-state index in [1.165, 1.54) is 0 Å². The Morgan fingerprint density at radius 2 is 1.24 bits per heavy atom. The number of hydrogen-bond donors (Lipinski definition) is 0. The van der Waals surface area contributed by atoms with Gasteiger partial charge in [0, 0.05) is 12.3 Å². The summed E-state index contributed by atoms with van der Waals surface area (Å²) in [4.78, 5) is 12.4. The van der Waals surface area contributed by atoms with Crippen molar-refractivity contribution in [2.24, 2.45) is 0 Å². The highest BCUT2D eigenvalue weighted by Gasteiger charge is 2.64. The van der Waals surface area contributed by atoms with Gasteiger partial charge < -0.3 is 4.43 Å². The van der Waals surface area contributed by atoms with Gasteiger partial charge in [-0.1, -0.05) is 62.3 Å². The molecule has 0 aliphatic heterocycles. The van der Waals surface area contributed by atoms with E-state index in [1.54, 1.807) is 0 Å². The fourth-order valence-corrected chi connectivity index (χ4v) is 12.7. The number of carbonyl (C=O) groups excluding carboxylic acids is 1. The molecule has 21 heavy (non-hydrogen) atoms. The number of carbonyl (C=O) groups is 1. The SMILES string of the molecule is CC(C)(C)[Si](OC(=O)CCCCCl)(C(C)(C)C)C(C)(C)C. The van der Waals surface area contributed by atoms with Crippen molar-refractivity contribution in [3.8, 4) is 0 Å². The lowest BCUT2D eigenvalue weighted by atomic mass is 10.2. The van der Waals surface area contributed by atoms with Crippen molar-refractivity contribution < 1.29 is 9.22 Å². The van der Waals surface area contributed by atoms with Crippen LogP contribution in [0.25, 0.3) is 0 Å². The molecule has 0 amide bonds. The van der Waals surface area contributed by atoms with E-state index in [9.17, 15) is 4.79 Å². The van der Waals surface area contributed by atoms with Crippen LogP contribution in [-0.2, 0) is 9.22 Å². The Morgan fingerprint density at radius 3 is 1.52 bits per heavy atom. The van der Waals surface area contributed by atoms with E-state index in [0.717, 1.165) is 12.8 Å². The molecule has 0 N–H and O–H groups in total. The van der Waals surface area contributed by atoms with Gasteiger partial charge in [0.15, 0.2) is 0 Å². The molecule has 0 fully saturated rings. The van der Waals surface area contributed by atoms with Crippen molar-refractivity contribution in [2.75, 3.05) is 5.88 Å². The van der Waals surface area contributed by atoms with Gasteiger partial charge >= 0.3 is 0 Å². The Balaban J connectivity index is 5.58. The number of unbranched alkanes of at least 4 members (excludes halogenated alkanes) is 1. The lowest BCUT2D eigenvalue weighted by Gasteiger charge is -2.56. The summed E-state index contributed by atoms with van der Waals surface area (Å²) in [5.74, 6) is 0.555. The molecular formula is C17H35ClO2Si. The average Bonchev–Trinajstić information content (AvgIpc) is 2.20. The molecule has 0 heterocycles. The second kappa shape index (κ2) is 7.04. The normalized spacial score (nSPS) is 14.2. The van der Waals surface area contributed by atoms with E-state index in [1.807, 2.05) is 0 Å². The van der Waals surface area contributed by atoms with Crippen LogP contribution in [0, 0.1) is 0 Å². The molecule has 0 bridgehead atoms. The van der Waals surface area contributed by atoms with Gasteiger partial charge in [-0.2, -0.15) is 0 Å². The first-order chi connectivity index (χ1) is 9.20. The molecule has 0 aromatic rings. The smallest absolute Gasteiger partial charge is 0.292 e. The molecule has 0 aliphatic rings. The molecule has 0 saturated carbocycles. The summed E-state index contributed by atoms with van der Waals surface area (Å²) >= 11 is 5.69. The molecule has 0 spiro atoms. The highest BCUT2D eigenvalue weighted by molar-refractivity contribution is 6.83. The first-order valence-corrected chi connectivity index (χ1v) is 10.4. The predicted octanol–water partition coefficient (Wildman–Crippen LogP) is 6.28. The van der Waals surface area contributed by atoms with Crippen molar-refractivity contribution in [2.45, 2.75) is 96.7 Å². The topological polar surface area (TPSA) is 26.3 Å². The maximum atomic E-state index is 12.4. The van der Waals surface area contributed by atoms with E-state index in [0.29, 0.717) is 12.3 Å². The molecule has 2 nitrogen and oxygen atoms in total. The average molecular weight is 335 g/mol.